The molecule has 0 amide bonds. The third-order valence-corrected chi connectivity index (χ3v) is 5.93. The summed E-state index contributed by atoms with van der Waals surface area (Å²) in [7, 11) is 0.122. The molecule has 0 aliphatic carbocycles. The molecule has 0 saturated carbocycles. The lowest BCUT2D eigenvalue weighted by Gasteiger charge is -2.11. The largest absolute Gasteiger partial charge is 0.378 e. The summed E-state index contributed by atoms with van der Waals surface area (Å²) in [6.07, 6.45) is 1.40. The highest BCUT2D eigenvalue weighted by atomic mass is 32.2. The first-order valence-electron chi connectivity index (χ1n) is 6.13. The van der Waals surface area contributed by atoms with Crippen molar-refractivity contribution in [2.24, 2.45) is 0 Å². The summed E-state index contributed by atoms with van der Waals surface area (Å²) in [5.74, 6) is 0. The van der Waals surface area contributed by atoms with Gasteiger partial charge in [-0.3, -0.25) is 0 Å². The molecular formula is C15H14N2O2S2. The van der Waals surface area contributed by atoms with Crippen LogP contribution >= 0.6 is 11.3 Å². The highest BCUT2D eigenvalue weighted by molar-refractivity contribution is 7.97. The summed E-state index contributed by atoms with van der Waals surface area (Å²) in [5, 5.41) is 10.8. The summed E-state index contributed by atoms with van der Waals surface area (Å²) >= 11 is 1.10. The van der Waals surface area contributed by atoms with Gasteiger partial charge in [0.2, 0.25) is 9.84 Å². The molecule has 108 valence electrons. The number of anilines is 1. The summed E-state index contributed by atoms with van der Waals surface area (Å²) in [4.78, 5) is 1.70. The normalized spacial score (nSPS) is 12.0. The third kappa shape index (κ3) is 3.32. The van der Waals surface area contributed by atoms with Crippen molar-refractivity contribution in [1.82, 2.24) is 0 Å². The smallest absolute Gasteiger partial charge is 0.226 e. The van der Waals surface area contributed by atoms with E-state index in [0.29, 0.717) is 5.56 Å². The van der Waals surface area contributed by atoms with Crippen LogP contribution in [0.15, 0.2) is 50.9 Å². The van der Waals surface area contributed by atoms with Gasteiger partial charge in [0.05, 0.1) is 0 Å². The minimum Gasteiger partial charge on any atom is -0.378 e. The maximum absolute atomic E-state index is 12.3. The molecule has 6 heteroatoms. The summed E-state index contributed by atoms with van der Waals surface area (Å²) in [6.45, 7) is 0. The van der Waals surface area contributed by atoms with E-state index in [1.807, 2.05) is 31.1 Å². The molecule has 2 rings (SSSR count). The quantitative estimate of drug-likeness (QED) is 0.813. The molecule has 1 aromatic carbocycles. The molecule has 2 aromatic rings. The van der Waals surface area contributed by atoms with Gasteiger partial charge in [-0.2, -0.15) is 5.26 Å². The van der Waals surface area contributed by atoms with Gasteiger partial charge in [0.25, 0.3) is 0 Å². The maximum atomic E-state index is 12.3. The molecule has 0 fully saturated rings. The zero-order chi connectivity index (χ0) is 15.5. The van der Waals surface area contributed by atoms with Gasteiger partial charge < -0.3 is 4.90 Å². The van der Waals surface area contributed by atoms with Gasteiger partial charge in [-0.25, -0.2) is 8.42 Å². The highest BCUT2D eigenvalue weighted by Crippen LogP contribution is 2.25. The Balaban J connectivity index is 2.40. The van der Waals surface area contributed by atoms with Gasteiger partial charge >= 0.3 is 0 Å². The summed E-state index contributed by atoms with van der Waals surface area (Å²) in [6, 6.07) is 12.3. The van der Waals surface area contributed by atoms with Crippen molar-refractivity contribution in [3.05, 3.63) is 52.2 Å². The predicted molar refractivity (Wildman–Crippen MR) is 85.9 cm³/mol. The molecule has 1 aromatic heterocycles. The fourth-order valence-electron chi connectivity index (χ4n) is 1.71. The molecule has 0 bridgehead atoms. The fraction of sp³-hybridized carbons (Fsp3) is 0.133. The second-order valence-corrected chi connectivity index (χ2v) is 7.63. The first kappa shape index (κ1) is 15.3. The van der Waals surface area contributed by atoms with Crippen molar-refractivity contribution >= 4 is 32.9 Å². The number of nitriles is 1. The molecule has 4 nitrogen and oxygen atoms in total. The molecule has 1 heterocycles. The monoisotopic (exact) mass is 318 g/mol. The standard InChI is InChI=1S/C15H14N2O2S2/c1-17(2)13-7-5-12(6-8-13)10-14(11-16)21(18,19)15-4-3-9-20-15/h3-10H,1-2H3/b14-10-. The van der Waals surface area contributed by atoms with Gasteiger partial charge in [-0.1, -0.05) is 18.2 Å². The lowest BCUT2D eigenvalue weighted by Crippen LogP contribution is -2.08. The molecule has 0 aliphatic rings. The van der Waals surface area contributed by atoms with Gasteiger partial charge in [-0.05, 0) is 35.2 Å². The highest BCUT2D eigenvalue weighted by Gasteiger charge is 2.21. The second-order valence-electron chi connectivity index (χ2n) is 4.54. The van der Waals surface area contributed by atoms with E-state index in [1.54, 1.807) is 29.6 Å². The summed E-state index contributed by atoms with van der Waals surface area (Å²) in [5.41, 5.74) is 1.68. The summed E-state index contributed by atoms with van der Waals surface area (Å²) < 4.78 is 24.8. The van der Waals surface area contributed by atoms with Crippen molar-refractivity contribution in [3.63, 3.8) is 0 Å². The first-order chi connectivity index (χ1) is 9.95. The van der Waals surface area contributed by atoms with Gasteiger partial charge in [0.1, 0.15) is 10.3 Å². The minimum atomic E-state index is -3.72. The molecule has 21 heavy (non-hydrogen) atoms. The first-order valence-corrected chi connectivity index (χ1v) is 8.49. The lowest BCUT2D eigenvalue weighted by atomic mass is 10.2. The van der Waals surface area contributed by atoms with E-state index in [4.69, 9.17) is 5.26 Å². The Morgan fingerprint density at radius 3 is 2.38 bits per heavy atom. The van der Waals surface area contributed by atoms with Crippen LogP contribution < -0.4 is 4.90 Å². The molecule has 0 spiro atoms. The third-order valence-electron chi connectivity index (χ3n) is 2.87. The molecule has 0 atom stereocenters. The number of allylic oxidation sites excluding steroid dienone is 1. The average molecular weight is 318 g/mol. The Hall–Kier alpha value is -2.10. The minimum absolute atomic E-state index is 0.181. The fourth-order valence-corrected chi connectivity index (χ4v) is 3.99. The molecule has 0 aliphatic heterocycles. The number of hydrogen-bond acceptors (Lipinski definition) is 5. The number of thiophene rings is 1. The van der Waals surface area contributed by atoms with Crippen molar-refractivity contribution < 1.29 is 8.42 Å². The van der Waals surface area contributed by atoms with E-state index in [2.05, 4.69) is 0 Å². The number of rotatable bonds is 4. The Morgan fingerprint density at radius 2 is 1.90 bits per heavy atom. The Labute approximate surface area is 128 Å². The van der Waals surface area contributed by atoms with Crippen molar-refractivity contribution in [1.29, 1.82) is 5.26 Å². The van der Waals surface area contributed by atoms with Crippen LogP contribution in [0.1, 0.15) is 5.56 Å². The van der Waals surface area contributed by atoms with E-state index >= 15 is 0 Å². The Morgan fingerprint density at radius 1 is 1.24 bits per heavy atom. The topological polar surface area (TPSA) is 61.2 Å². The Bertz CT molecular complexity index is 781. The van der Waals surface area contributed by atoms with Gasteiger partial charge in [0, 0.05) is 19.8 Å². The SMILES string of the molecule is CN(C)c1ccc(/C=C(/C#N)S(=O)(=O)c2cccs2)cc1. The van der Waals surface area contributed by atoms with Crippen LogP contribution in [0.4, 0.5) is 5.69 Å². The average Bonchev–Trinajstić information content (AvgIpc) is 3.00. The lowest BCUT2D eigenvalue weighted by molar-refractivity contribution is 0.605. The number of hydrogen-bond donors (Lipinski definition) is 0. The molecule has 0 unspecified atom stereocenters. The van der Waals surface area contributed by atoms with Crippen LogP contribution in [0.25, 0.3) is 6.08 Å². The zero-order valence-electron chi connectivity index (χ0n) is 11.6. The van der Waals surface area contributed by atoms with Crippen LogP contribution in [0, 0.1) is 11.3 Å². The van der Waals surface area contributed by atoms with E-state index in [1.165, 1.54) is 12.1 Å². The van der Waals surface area contributed by atoms with E-state index in [9.17, 15) is 8.42 Å². The number of nitrogens with zero attached hydrogens (tertiary/aromatic N) is 2. The van der Waals surface area contributed by atoms with E-state index in [0.717, 1.165) is 17.0 Å². The van der Waals surface area contributed by atoms with Crippen molar-refractivity contribution in [2.75, 3.05) is 19.0 Å². The zero-order valence-corrected chi connectivity index (χ0v) is 13.3. The van der Waals surface area contributed by atoms with Gasteiger partial charge in [-0.15, -0.1) is 11.3 Å². The van der Waals surface area contributed by atoms with Crippen LogP contribution in [-0.4, -0.2) is 22.5 Å². The molecular weight excluding hydrogens is 304 g/mol. The Kier molecular flexibility index (Phi) is 4.46. The van der Waals surface area contributed by atoms with Crippen LogP contribution in [-0.2, 0) is 9.84 Å². The molecule has 0 N–H and O–H groups in total. The van der Waals surface area contributed by atoms with E-state index in [-0.39, 0.29) is 9.11 Å². The predicted octanol–water partition coefficient (Wildman–Crippen LogP) is 3.15. The molecule has 0 saturated heterocycles. The van der Waals surface area contributed by atoms with Gasteiger partial charge in [0.15, 0.2) is 4.91 Å². The maximum Gasteiger partial charge on any atom is 0.226 e. The van der Waals surface area contributed by atoms with Crippen LogP contribution in [0.2, 0.25) is 0 Å². The van der Waals surface area contributed by atoms with Crippen molar-refractivity contribution in [3.8, 4) is 6.07 Å². The van der Waals surface area contributed by atoms with Crippen LogP contribution in [0.3, 0.4) is 0 Å². The molecule has 0 radical (unpaired) electrons. The second kappa shape index (κ2) is 6.12. The van der Waals surface area contributed by atoms with E-state index < -0.39 is 9.84 Å². The van der Waals surface area contributed by atoms with Crippen LogP contribution in [0.5, 0.6) is 0 Å². The number of benzene rings is 1. The number of sulfone groups is 1. The van der Waals surface area contributed by atoms with Crippen molar-refractivity contribution in [2.45, 2.75) is 4.21 Å².